The Hall–Kier alpha value is -3.39. The Morgan fingerprint density at radius 2 is 1.96 bits per heavy atom. The van der Waals surface area contributed by atoms with Crippen molar-refractivity contribution >= 4 is 16.9 Å². The molecular weight excluding hydrogens is 340 g/mol. The molecule has 0 aliphatic rings. The summed E-state index contributed by atoms with van der Waals surface area (Å²) in [4.78, 5) is 16.8. The number of methoxy groups -OCH3 is 1. The highest BCUT2D eigenvalue weighted by atomic mass is 16.5. The van der Waals surface area contributed by atoms with Crippen molar-refractivity contribution in [3.8, 4) is 22.9 Å². The molecule has 0 N–H and O–H groups in total. The van der Waals surface area contributed by atoms with Gasteiger partial charge in [-0.05, 0) is 68.3 Å². The first-order valence-corrected chi connectivity index (χ1v) is 8.66. The quantitative estimate of drug-likeness (QED) is 0.637. The fourth-order valence-corrected chi connectivity index (χ4v) is 3.14. The molecule has 0 fully saturated rings. The van der Waals surface area contributed by atoms with Crippen LogP contribution in [0.4, 0.5) is 0 Å². The first-order chi connectivity index (χ1) is 13.0. The summed E-state index contributed by atoms with van der Waals surface area (Å²) in [5.41, 5.74) is 5.46. The van der Waals surface area contributed by atoms with Crippen LogP contribution in [0.15, 0.2) is 36.4 Å². The van der Waals surface area contributed by atoms with Gasteiger partial charge in [0.2, 0.25) is 0 Å². The van der Waals surface area contributed by atoms with E-state index < -0.39 is 0 Å². The smallest absolute Gasteiger partial charge is 0.338 e. The van der Waals surface area contributed by atoms with Gasteiger partial charge in [-0.1, -0.05) is 0 Å². The Kier molecular flexibility index (Phi) is 5.09. The summed E-state index contributed by atoms with van der Waals surface area (Å²) in [6, 6.07) is 12.8. The normalized spacial score (nSPS) is 10.5. The third kappa shape index (κ3) is 3.34. The van der Waals surface area contributed by atoms with Crippen molar-refractivity contribution in [2.24, 2.45) is 0 Å². The van der Waals surface area contributed by atoms with E-state index >= 15 is 0 Å². The topological polar surface area (TPSA) is 72.2 Å². The molecule has 5 nitrogen and oxygen atoms in total. The first kappa shape index (κ1) is 18.4. The van der Waals surface area contributed by atoms with E-state index in [0.29, 0.717) is 23.5 Å². The van der Waals surface area contributed by atoms with E-state index in [1.165, 1.54) is 0 Å². The summed E-state index contributed by atoms with van der Waals surface area (Å²) in [5.74, 6) is 0.237. The summed E-state index contributed by atoms with van der Waals surface area (Å²) in [6.45, 7) is 6.04. The number of aromatic nitrogens is 1. The Morgan fingerprint density at radius 3 is 2.63 bits per heavy atom. The molecule has 1 heterocycles. The average Bonchev–Trinajstić information content (AvgIpc) is 2.68. The van der Waals surface area contributed by atoms with Crippen molar-refractivity contribution in [1.29, 1.82) is 5.26 Å². The molecule has 0 bridgehead atoms. The fraction of sp³-hybridized carbons (Fsp3) is 0.227. The summed E-state index contributed by atoms with van der Waals surface area (Å²) in [6.07, 6.45) is 0. The van der Waals surface area contributed by atoms with Gasteiger partial charge in [0.15, 0.2) is 0 Å². The predicted octanol–water partition coefficient (Wildman–Crippen LogP) is 4.58. The number of aryl methyl sites for hydroxylation is 1. The molecule has 136 valence electrons. The number of ether oxygens (including phenoxy) is 2. The summed E-state index contributed by atoms with van der Waals surface area (Å²) < 4.78 is 10.7. The van der Waals surface area contributed by atoms with E-state index in [1.54, 1.807) is 38.3 Å². The number of fused-ring (bicyclic) bond motifs is 1. The van der Waals surface area contributed by atoms with E-state index in [2.05, 4.69) is 11.1 Å². The SMILES string of the molecule is CCOC(=O)c1ccc2nc(C)c(C)c(-c3ccc(C#N)cc3OC)c2c1. The second-order valence-electron chi connectivity index (χ2n) is 6.18. The Balaban J connectivity index is 2.34. The number of hydrogen-bond acceptors (Lipinski definition) is 5. The highest BCUT2D eigenvalue weighted by molar-refractivity contribution is 6.02. The van der Waals surface area contributed by atoms with Gasteiger partial charge in [-0.15, -0.1) is 0 Å². The number of nitrogens with zero attached hydrogens (tertiary/aromatic N) is 2. The zero-order valence-corrected chi connectivity index (χ0v) is 15.8. The third-order valence-corrected chi connectivity index (χ3v) is 4.58. The molecular formula is C22H20N2O3. The number of nitriles is 1. The molecule has 0 atom stereocenters. The molecule has 0 radical (unpaired) electrons. The van der Waals surface area contributed by atoms with Gasteiger partial charge in [0, 0.05) is 16.6 Å². The number of carbonyl (C=O) groups is 1. The summed E-state index contributed by atoms with van der Waals surface area (Å²) in [7, 11) is 1.58. The van der Waals surface area contributed by atoms with Crippen molar-refractivity contribution < 1.29 is 14.3 Å². The molecule has 0 saturated heterocycles. The van der Waals surface area contributed by atoms with Crippen molar-refractivity contribution in [2.75, 3.05) is 13.7 Å². The molecule has 0 amide bonds. The molecule has 27 heavy (non-hydrogen) atoms. The highest BCUT2D eigenvalue weighted by Crippen LogP contribution is 2.38. The van der Waals surface area contributed by atoms with Crippen molar-refractivity contribution in [3.05, 3.63) is 58.8 Å². The van der Waals surface area contributed by atoms with E-state index in [0.717, 1.165) is 33.3 Å². The Labute approximate surface area is 158 Å². The molecule has 3 aromatic rings. The zero-order chi connectivity index (χ0) is 19.6. The maximum absolute atomic E-state index is 12.2. The van der Waals surface area contributed by atoms with Crippen LogP contribution in [-0.4, -0.2) is 24.7 Å². The lowest BCUT2D eigenvalue weighted by Gasteiger charge is -2.16. The van der Waals surface area contributed by atoms with E-state index in [1.807, 2.05) is 26.0 Å². The highest BCUT2D eigenvalue weighted by Gasteiger charge is 2.17. The van der Waals surface area contributed by atoms with Crippen LogP contribution in [0.2, 0.25) is 0 Å². The van der Waals surface area contributed by atoms with Gasteiger partial charge in [-0.25, -0.2) is 4.79 Å². The van der Waals surface area contributed by atoms with Crippen LogP contribution in [0.3, 0.4) is 0 Å². The average molecular weight is 360 g/mol. The standard InChI is InChI=1S/C22H20N2O3/c1-5-27-22(25)16-7-9-19-18(11-16)21(13(2)14(3)24-19)17-8-6-15(12-23)10-20(17)26-4/h6-11H,5H2,1-4H3. The molecule has 1 aromatic heterocycles. The molecule has 5 heteroatoms. The van der Waals surface area contributed by atoms with Gasteiger partial charge in [0.25, 0.3) is 0 Å². The molecule has 0 aliphatic carbocycles. The molecule has 0 unspecified atom stereocenters. The van der Waals surface area contributed by atoms with Gasteiger partial charge < -0.3 is 9.47 Å². The number of hydrogen-bond donors (Lipinski definition) is 0. The lowest BCUT2D eigenvalue weighted by atomic mass is 9.93. The van der Waals surface area contributed by atoms with Gasteiger partial charge in [-0.3, -0.25) is 4.98 Å². The lowest BCUT2D eigenvalue weighted by Crippen LogP contribution is -2.05. The number of benzene rings is 2. The van der Waals surface area contributed by atoms with Crippen LogP contribution in [0.1, 0.15) is 34.1 Å². The molecule has 0 saturated carbocycles. The maximum atomic E-state index is 12.2. The largest absolute Gasteiger partial charge is 0.496 e. The van der Waals surface area contributed by atoms with Crippen LogP contribution >= 0.6 is 0 Å². The van der Waals surface area contributed by atoms with E-state index in [9.17, 15) is 10.1 Å². The van der Waals surface area contributed by atoms with Crippen LogP contribution < -0.4 is 4.74 Å². The summed E-state index contributed by atoms with van der Waals surface area (Å²) in [5, 5.41) is 10.0. The Bertz CT molecular complexity index is 1080. The molecule has 3 rings (SSSR count). The first-order valence-electron chi connectivity index (χ1n) is 8.66. The minimum Gasteiger partial charge on any atom is -0.496 e. The van der Waals surface area contributed by atoms with Crippen LogP contribution in [-0.2, 0) is 4.74 Å². The molecule has 2 aromatic carbocycles. The van der Waals surface area contributed by atoms with Crippen molar-refractivity contribution in [3.63, 3.8) is 0 Å². The van der Waals surface area contributed by atoms with Crippen LogP contribution in [0.5, 0.6) is 5.75 Å². The minimum absolute atomic E-state index is 0.318. The predicted molar refractivity (Wildman–Crippen MR) is 104 cm³/mol. The third-order valence-electron chi connectivity index (χ3n) is 4.58. The lowest BCUT2D eigenvalue weighted by molar-refractivity contribution is 0.0526. The van der Waals surface area contributed by atoms with Gasteiger partial charge in [-0.2, -0.15) is 5.26 Å². The van der Waals surface area contributed by atoms with Gasteiger partial charge in [0.1, 0.15) is 5.75 Å². The second-order valence-corrected chi connectivity index (χ2v) is 6.18. The fourth-order valence-electron chi connectivity index (χ4n) is 3.14. The van der Waals surface area contributed by atoms with Gasteiger partial charge in [0.05, 0.1) is 36.4 Å². The number of carbonyl (C=O) groups excluding carboxylic acids is 1. The molecule has 0 aliphatic heterocycles. The Morgan fingerprint density at radius 1 is 1.19 bits per heavy atom. The second kappa shape index (κ2) is 7.46. The maximum Gasteiger partial charge on any atom is 0.338 e. The zero-order valence-electron chi connectivity index (χ0n) is 15.8. The van der Waals surface area contributed by atoms with Crippen molar-refractivity contribution in [2.45, 2.75) is 20.8 Å². The number of esters is 1. The molecule has 0 spiro atoms. The van der Waals surface area contributed by atoms with Crippen LogP contribution in [0.25, 0.3) is 22.0 Å². The monoisotopic (exact) mass is 360 g/mol. The summed E-state index contributed by atoms with van der Waals surface area (Å²) >= 11 is 0. The number of pyridine rings is 1. The van der Waals surface area contributed by atoms with Crippen LogP contribution in [0, 0.1) is 25.2 Å². The number of rotatable bonds is 4. The minimum atomic E-state index is -0.365. The van der Waals surface area contributed by atoms with Crippen molar-refractivity contribution in [1.82, 2.24) is 4.98 Å². The van der Waals surface area contributed by atoms with E-state index in [4.69, 9.17) is 9.47 Å². The van der Waals surface area contributed by atoms with Gasteiger partial charge >= 0.3 is 5.97 Å². The van der Waals surface area contributed by atoms with E-state index in [-0.39, 0.29) is 5.97 Å².